The van der Waals surface area contributed by atoms with E-state index in [-0.39, 0.29) is 0 Å². The van der Waals surface area contributed by atoms with Gasteiger partial charge in [0.1, 0.15) is 0 Å². The fourth-order valence-electron chi connectivity index (χ4n) is 2.73. The first-order chi connectivity index (χ1) is 14.6. The zero-order valence-electron chi connectivity index (χ0n) is 19.2. The van der Waals surface area contributed by atoms with Crippen LogP contribution in [0.1, 0.15) is 59.9 Å². The second-order valence-corrected chi connectivity index (χ2v) is 6.08. The Balaban J connectivity index is 3.65. The van der Waals surface area contributed by atoms with Gasteiger partial charge in [-0.25, -0.2) is 4.79 Å². The van der Waals surface area contributed by atoms with E-state index in [0.717, 1.165) is 12.8 Å². The molecule has 0 aliphatic carbocycles. The van der Waals surface area contributed by atoms with Crippen LogP contribution in [0.4, 0.5) is 0 Å². The van der Waals surface area contributed by atoms with E-state index in [2.05, 4.69) is 0 Å². The molecule has 170 valence electrons. The monoisotopic (exact) mass is 424 g/mol. The van der Waals surface area contributed by atoms with Crippen molar-refractivity contribution in [1.82, 2.24) is 0 Å². The number of esters is 1. The van der Waals surface area contributed by atoms with Crippen LogP contribution in [-0.4, -0.2) is 45.6 Å². The van der Waals surface area contributed by atoms with Crippen molar-refractivity contribution in [2.75, 3.05) is 39.6 Å². The van der Waals surface area contributed by atoms with Crippen LogP contribution in [0.3, 0.4) is 0 Å². The lowest BCUT2D eigenvalue weighted by atomic mass is 10.1. The maximum atomic E-state index is 12.1. The van der Waals surface area contributed by atoms with Gasteiger partial charge in [-0.2, -0.15) is 0 Å². The Bertz CT molecular complexity index is 646. The molecule has 7 nitrogen and oxygen atoms in total. The smallest absolute Gasteiger partial charge is 0.330 e. The maximum Gasteiger partial charge on any atom is 0.330 e. The van der Waals surface area contributed by atoms with E-state index in [1.807, 2.05) is 41.5 Å². The number of hydrogen-bond donors (Lipinski definition) is 0. The van der Waals surface area contributed by atoms with Crippen LogP contribution in [0.15, 0.2) is 6.08 Å². The largest absolute Gasteiger partial charge is 0.489 e. The molecule has 0 aliphatic heterocycles. The Morgan fingerprint density at radius 2 is 1.07 bits per heavy atom. The van der Waals surface area contributed by atoms with Gasteiger partial charge in [0.2, 0.25) is 17.2 Å². The summed E-state index contributed by atoms with van der Waals surface area (Å²) in [6.45, 7) is 13.8. The molecule has 1 aromatic rings. The second-order valence-electron chi connectivity index (χ2n) is 6.08. The lowest BCUT2D eigenvalue weighted by Crippen LogP contribution is -2.09. The van der Waals surface area contributed by atoms with Gasteiger partial charge in [-0.3, -0.25) is 0 Å². The van der Waals surface area contributed by atoms with Crippen LogP contribution >= 0.6 is 0 Å². The summed E-state index contributed by atoms with van der Waals surface area (Å²) in [5.41, 5.74) is 0.543. The Kier molecular flexibility index (Phi) is 12.2. The summed E-state index contributed by atoms with van der Waals surface area (Å²) in [5.74, 6) is 1.72. The van der Waals surface area contributed by atoms with E-state index in [1.54, 1.807) is 6.08 Å². The summed E-state index contributed by atoms with van der Waals surface area (Å²) in [4.78, 5) is 12.1. The predicted octanol–water partition coefficient (Wildman–Crippen LogP) is 5.04. The lowest BCUT2D eigenvalue weighted by Gasteiger charge is -2.23. The van der Waals surface area contributed by atoms with Gasteiger partial charge in [0.15, 0.2) is 11.5 Å². The molecule has 0 fully saturated rings. The third kappa shape index (κ3) is 7.04. The number of rotatable bonds is 15. The van der Waals surface area contributed by atoms with E-state index in [4.69, 9.17) is 28.4 Å². The summed E-state index contributed by atoms with van der Waals surface area (Å²) >= 11 is 0. The van der Waals surface area contributed by atoms with Crippen molar-refractivity contribution in [2.45, 2.75) is 54.4 Å². The van der Waals surface area contributed by atoms with Crippen LogP contribution in [0, 0.1) is 0 Å². The molecule has 0 saturated heterocycles. The van der Waals surface area contributed by atoms with Crippen LogP contribution in [0.25, 0.3) is 6.08 Å². The molecule has 0 aromatic heterocycles. The third-order valence-electron chi connectivity index (χ3n) is 3.89. The normalized spacial score (nSPS) is 10.7. The van der Waals surface area contributed by atoms with Gasteiger partial charge in [-0.05, 0) is 47.1 Å². The Labute approximate surface area is 180 Å². The molecule has 0 radical (unpaired) electrons. The van der Waals surface area contributed by atoms with Gasteiger partial charge in [-0.15, -0.1) is 0 Å². The number of unbranched alkanes of at least 4 members (excludes halogenated alkanes) is 1. The first-order valence-corrected chi connectivity index (χ1v) is 10.8. The van der Waals surface area contributed by atoms with E-state index in [9.17, 15) is 4.79 Å². The van der Waals surface area contributed by atoms with Crippen molar-refractivity contribution >= 4 is 12.0 Å². The number of benzene rings is 1. The lowest BCUT2D eigenvalue weighted by molar-refractivity contribution is -0.137. The quantitative estimate of drug-likeness (QED) is 0.222. The Morgan fingerprint density at radius 1 is 0.667 bits per heavy atom. The molecule has 1 aromatic carbocycles. The van der Waals surface area contributed by atoms with E-state index in [0.29, 0.717) is 74.0 Å². The van der Waals surface area contributed by atoms with Gasteiger partial charge in [0.25, 0.3) is 0 Å². The standard InChI is InChI=1S/C23H36O7/c1-7-13-16-30-18(24)15-14-17-19(25-8-2)21(27-10-4)23(29-12-6)22(28-11-5)20(17)26-9-3/h14-15H,7-13,16H2,1-6H3. The Hall–Kier alpha value is -2.57. The molecular weight excluding hydrogens is 388 g/mol. The summed E-state index contributed by atoms with van der Waals surface area (Å²) in [6, 6.07) is 0. The fourth-order valence-corrected chi connectivity index (χ4v) is 2.73. The first-order valence-electron chi connectivity index (χ1n) is 10.8. The minimum atomic E-state index is -0.432. The molecule has 0 heterocycles. The zero-order chi connectivity index (χ0) is 22.4. The molecule has 7 heteroatoms. The molecule has 0 bridgehead atoms. The summed E-state index contributed by atoms with van der Waals surface area (Å²) in [7, 11) is 0. The third-order valence-corrected chi connectivity index (χ3v) is 3.89. The van der Waals surface area contributed by atoms with Crippen LogP contribution in [-0.2, 0) is 9.53 Å². The Morgan fingerprint density at radius 3 is 1.47 bits per heavy atom. The number of carbonyl (C=O) groups is 1. The zero-order valence-corrected chi connectivity index (χ0v) is 19.2. The SMILES string of the molecule is CCCCOC(=O)C=Cc1c(OCC)c(OCC)c(OCC)c(OCC)c1OCC. The average molecular weight is 425 g/mol. The molecule has 30 heavy (non-hydrogen) atoms. The topological polar surface area (TPSA) is 72.5 Å². The molecule has 0 spiro atoms. The van der Waals surface area contributed by atoms with Crippen molar-refractivity contribution < 1.29 is 33.2 Å². The van der Waals surface area contributed by atoms with Crippen LogP contribution in [0.2, 0.25) is 0 Å². The highest BCUT2D eigenvalue weighted by atomic mass is 16.6. The minimum absolute atomic E-state index is 0.383. The fraction of sp³-hybridized carbons (Fsp3) is 0.609. The number of ether oxygens (including phenoxy) is 6. The summed E-state index contributed by atoms with van der Waals surface area (Å²) in [6.07, 6.45) is 4.75. The molecule has 0 unspecified atom stereocenters. The molecule has 0 amide bonds. The minimum Gasteiger partial charge on any atom is -0.489 e. The molecule has 1 rings (SSSR count). The van der Waals surface area contributed by atoms with Crippen molar-refractivity contribution in [3.63, 3.8) is 0 Å². The van der Waals surface area contributed by atoms with E-state index < -0.39 is 5.97 Å². The highest BCUT2D eigenvalue weighted by Gasteiger charge is 2.29. The van der Waals surface area contributed by atoms with Gasteiger partial charge >= 0.3 is 5.97 Å². The maximum absolute atomic E-state index is 12.1. The van der Waals surface area contributed by atoms with Crippen molar-refractivity contribution in [3.05, 3.63) is 11.6 Å². The highest BCUT2D eigenvalue weighted by molar-refractivity contribution is 5.90. The van der Waals surface area contributed by atoms with Gasteiger partial charge in [0.05, 0.1) is 45.2 Å². The number of hydrogen-bond acceptors (Lipinski definition) is 7. The average Bonchev–Trinajstić information content (AvgIpc) is 2.73. The molecule has 0 atom stereocenters. The van der Waals surface area contributed by atoms with Gasteiger partial charge in [-0.1, -0.05) is 13.3 Å². The second kappa shape index (κ2) is 14.4. The summed E-state index contributed by atoms with van der Waals surface area (Å²) in [5, 5.41) is 0. The van der Waals surface area contributed by atoms with Crippen molar-refractivity contribution in [1.29, 1.82) is 0 Å². The van der Waals surface area contributed by atoms with Crippen LogP contribution in [0.5, 0.6) is 28.7 Å². The molecule has 0 N–H and O–H groups in total. The predicted molar refractivity (Wildman–Crippen MR) is 117 cm³/mol. The van der Waals surface area contributed by atoms with E-state index in [1.165, 1.54) is 6.08 Å². The van der Waals surface area contributed by atoms with Crippen molar-refractivity contribution in [3.8, 4) is 28.7 Å². The van der Waals surface area contributed by atoms with E-state index >= 15 is 0 Å². The van der Waals surface area contributed by atoms with Crippen molar-refractivity contribution in [2.24, 2.45) is 0 Å². The first kappa shape index (κ1) is 25.5. The van der Waals surface area contributed by atoms with Crippen LogP contribution < -0.4 is 23.7 Å². The number of carbonyl (C=O) groups excluding carboxylic acids is 1. The summed E-state index contributed by atoms with van der Waals surface area (Å²) < 4.78 is 34.7. The molecule has 0 aliphatic rings. The van der Waals surface area contributed by atoms with Gasteiger partial charge < -0.3 is 28.4 Å². The van der Waals surface area contributed by atoms with Gasteiger partial charge in [0, 0.05) is 6.08 Å². The molecule has 0 saturated carbocycles. The molecular formula is C23H36O7. The highest BCUT2D eigenvalue weighted by Crippen LogP contribution is 2.54.